The predicted octanol–water partition coefficient (Wildman–Crippen LogP) is 3.75. The molecule has 2 nitrogen and oxygen atoms in total. The minimum atomic E-state index is 0.504. The van der Waals surface area contributed by atoms with Crippen molar-refractivity contribution < 1.29 is 4.74 Å². The summed E-state index contributed by atoms with van der Waals surface area (Å²) in [7, 11) is 0. The number of hydrogen-bond donors (Lipinski definition) is 1. The van der Waals surface area contributed by atoms with E-state index in [1.54, 1.807) is 0 Å². The van der Waals surface area contributed by atoms with Gasteiger partial charge in [0.2, 0.25) is 0 Å². The molecule has 0 spiro atoms. The summed E-state index contributed by atoms with van der Waals surface area (Å²) in [6.45, 7) is 6.93. The molecule has 0 aromatic heterocycles. The van der Waals surface area contributed by atoms with Crippen LogP contribution in [0.5, 0.6) is 0 Å². The van der Waals surface area contributed by atoms with Crippen LogP contribution in [0.25, 0.3) is 0 Å². The molecule has 1 aliphatic heterocycles. The van der Waals surface area contributed by atoms with Crippen molar-refractivity contribution >= 4 is 0 Å². The van der Waals surface area contributed by atoms with E-state index in [1.165, 1.54) is 64.5 Å². The number of fused-ring (bicyclic) bond motifs is 2. The molecule has 2 bridgehead atoms. The Labute approximate surface area is 118 Å². The summed E-state index contributed by atoms with van der Waals surface area (Å²) < 4.78 is 6.13. The second kappa shape index (κ2) is 5.73. The third-order valence-corrected chi connectivity index (χ3v) is 5.96. The van der Waals surface area contributed by atoms with Crippen LogP contribution >= 0.6 is 0 Å². The van der Waals surface area contributed by atoms with Gasteiger partial charge in [-0.25, -0.2) is 0 Å². The van der Waals surface area contributed by atoms with Crippen LogP contribution in [0.15, 0.2) is 0 Å². The molecule has 0 aromatic rings. The lowest BCUT2D eigenvalue weighted by molar-refractivity contribution is 0.00454. The van der Waals surface area contributed by atoms with Crippen LogP contribution in [0.2, 0.25) is 0 Å². The van der Waals surface area contributed by atoms with Crippen molar-refractivity contribution in [2.45, 2.75) is 77.4 Å². The highest BCUT2D eigenvalue weighted by Crippen LogP contribution is 2.58. The van der Waals surface area contributed by atoms with Gasteiger partial charge >= 0.3 is 0 Å². The zero-order valence-corrected chi connectivity index (χ0v) is 12.8. The van der Waals surface area contributed by atoms with E-state index in [9.17, 15) is 0 Å². The molecule has 3 rings (SSSR count). The molecule has 110 valence electrons. The van der Waals surface area contributed by atoms with Crippen LogP contribution in [0.1, 0.15) is 65.2 Å². The lowest BCUT2D eigenvalue weighted by Gasteiger charge is -2.40. The average Bonchev–Trinajstić information content (AvgIpc) is 3.06. The van der Waals surface area contributed by atoms with Crippen LogP contribution in [0.3, 0.4) is 0 Å². The maximum Gasteiger partial charge on any atom is 0.0585 e. The van der Waals surface area contributed by atoms with E-state index in [1.807, 2.05) is 0 Å². The zero-order chi connectivity index (χ0) is 13.3. The number of hydrogen-bond acceptors (Lipinski definition) is 2. The molecule has 2 heteroatoms. The van der Waals surface area contributed by atoms with Crippen molar-refractivity contribution in [2.75, 3.05) is 13.1 Å². The fourth-order valence-electron chi connectivity index (χ4n) is 5.10. The van der Waals surface area contributed by atoms with Crippen molar-refractivity contribution in [3.8, 4) is 0 Å². The molecule has 0 aromatic carbocycles. The Balaban J connectivity index is 1.63. The van der Waals surface area contributed by atoms with Crippen molar-refractivity contribution in [3.63, 3.8) is 0 Å². The summed E-state index contributed by atoms with van der Waals surface area (Å²) in [5, 5.41) is 3.73. The molecule has 3 aliphatic rings. The first-order valence-corrected chi connectivity index (χ1v) is 8.58. The zero-order valence-electron chi connectivity index (χ0n) is 12.8. The van der Waals surface area contributed by atoms with Gasteiger partial charge in [-0.2, -0.15) is 0 Å². The highest BCUT2D eigenvalue weighted by Gasteiger charge is 2.51. The summed E-state index contributed by atoms with van der Waals surface area (Å²) in [5.41, 5.74) is 0.576. The van der Waals surface area contributed by atoms with Gasteiger partial charge in [0.15, 0.2) is 0 Å². The second-order valence-corrected chi connectivity index (χ2v) is 7.47. The van der Waals surface area contributed by atoms with E-state index in [-0.39, 0.29) is 0 Å². The topological polar surface area (TPSA) is 21.3 Å². The number of ether oxygens (including phenoxy) is 1. The lowest BCUT2D eigenvalue weighted by Crippen LogP contribution is -2.41. The first kappa shape index (κ1) is 13.9. The Morgan fingerprint density at radius 3 is 2.68 bits per heavy atom. The summed E-state index contributed by atoms with van der Waals surface area (Å²) >= 11 is 0. The van der Waals surface area contributed by atoms with Crippen molar-refractivity contribution in [1.82, 2.24) is 5.32 Å². The average molecular weight is 265 g/mol. The van der Waals surface area contributed by atoms with Gasteiger partial charge in [0.05, 0.1) is 12.2 Å². The Morgan fingerprint density at radius 1 is 1.21 bits per heavy atom. The summed E-state index contributed by atoms with van der Waals surface area (Å²) in [6, 6.07) is 0. The van der Waals surface area contributed by atoms with E-state index in [0.717, 1.165) is 11.8 Å². The Hall–Kier alpha value is -0.0800. The Kier molecular flexibility index (Phi) is 4.19. The van der Waals surface area contributed by atoms with Gasteiger partial charge in [-0.1, -0.05) is 13.3 Å². The third-order valence-electron chi connectivity index (χ3n) is 5.96. The largest absolute Gasteiger partial charge is 0.375 e. The molecule has 3 fully saturated rings. The van der Waals surface area contributed by atoms with Gasteiger partial charge in [0.1, 0.15) is 0 Å². The maximum absolute atomic E-state index is 6.13. The van der Waals surface area contributed by atoms with E-state index < -0.39 is 0 Å². The van der Waals surface area contributed by atoms with Crippen molar-refractivity contribution in [2.24, 2.45) is 17.3 Å². The van der Waals surface area contributed by atoms with E-state index in [2.05, 4.69) is 19.2 Å². The SMILES string of the molecule is CCCNCC1(CC2CCC(C)O2)CC2CCC1C2. The molecule has 2 aliphatic carbocycles. The predicted molar refractivity (Wildman–Crippen MR) is 79.2 cm³/mol. The normalized spacial score (nSPS) is 45.2. The van der Waals surface area contributed by atoms with E-state index >= 15 is 0 Å². The first-order valence-electron chi connectivity index (χ1n) is 8.58. The molecule has 0 amide bonds. The van der Waals surface area contributed by atoms with Crippen LogP contribution in [0, 0.1) is 17.3 Å². The third kappa shape index (κ3) is 2.85. The van der Waals surface area contributed by atoms with Gasteiger partial charge in [-0.15, -0.1) is 0 Å². The molecule has 5 unspecified atom stereocenters. The number of rotatable bonds is 6. The van der Waals surface area contributed by atoms with E-state index in [4.69, 9.17) is 4.74 Å². The van der Waals surface area contributed by atoms with Gasteiger partial charge in [-0.05, 0) is 75.7 Å². The maximum atomic E-state index is 6.13. The molecule has 2 saturated carbocycles. The minimum Gasteiger partial charge on any atom is -0.375 e. The summed E-state index contributed by atoms with van der Waals surface area (Å²) in [4.78, 5) is 0. The molecule has 1 N–H and O–H groups in total. The van der Waals surface area contributed by atoms with Crippen LogP contribution in [-0.2, 0) is 4.74 Å². The lowest BCUT2D eigenvalue weighted by atomic mass is 9.69. The van der Waals surface area contributed by atoms with Crippen LogP contribution in [-0.4, -0.2) is 25.3 Å². The molecular formula is C17H31NO. The Bertz CT molecular complexity index is 306. The monoisotopic (exact) mass is 265 g/mol. The quantitative estimate of drug-likeness (QED) is 0.739. The second-order valence-electron chi connectivity index (χ2n) is 7.47. The van der Waals surface area contributed by atoms with Gasteiger partial charge < -0.3 is 10.1 Å². The van der Waals surface area contributed by atoms with Crippen molar-refractivity contribution in [1.29, 1.82) is 0 Å². The molecule has 1 heterocycles. The highest BCUT2D eigenvalue weighted by atomic mass is 16.5. The van der Waals surface area contributed by atoms with Crippen LogP contribution in [0.4, 0.5) is 0 Å². The number of nitrogens with one attached hydrogen (secondary N) is 1. The molecule has 19 heavy (non-hydrogen) atoms. The van der Waals surface area contributed by atoms with Gasteiger partial charge in [0.25, 0.3) is 0 Å². The standard InChI is InChI=1S/C17H31NO/c1-3-8-18-12-17(10-14-5-6-15(17)9-14)11-16-7-4-13(2)19-16/h13-16,18H,3-12H2,1-2H3. The molecule has 1 saturated heterocycles. The molecular weight excluding hydrogens is 234 g/mol. The fraction of sp³-hybridized carbons (Fsp3) is 1.00. The summed E-state index contributed by atoms with van der Waals surface area (Å²) in [5.74, 6) is 2.02. The highest BCUT2D eigenvalue weighted by molar-refractivity contribution is 5.02. The van der Waals surface area contributed by atoms with Gasteiger partial charge in [0, 0.05) is 6.54 Å². The molecule has 5 atom stereocenters. The van der Waals surface area contributed by atoms with E-state index in [0.29, 0.717) is 17.6 Å². The van der Waals surface area contributed by atoms with Gasteiger partial charge in [-0.3, -0.25) is 0 Å². The summed E-state index contributed by atoms with van der Waals surface area (Å²) in [6.07, 6.45) is 12.2. The Morgan fingerprint density at radius 2 is 2.11 bits per heavy atom. The minimum absolute atomic E-state index is 0.504. The fourth-order valence-corrected chi connectivity index (χ4v) is 5.10. The smallest absolute Gasteiger partial charge is 0.0585 e. The van der Waals surface area contributed by atoms with Crippen LogP contribution < -0.4 is 5.32 Å². The van der Waals surface area contributed by atoms with Crippen molar-refractivity contribution in [3.05, 3.63) is 0 Å². The molecule has 0 radical (unpaired) electrons. The first-order chi connectivity index (χ1) is 9.22.